The molecule has 2 heterocycles. The first-order chi connectivity index (χ1) is 19.4. The van der Waals surface area contributed by atoms with Crippen molar-refractivity contribution in [1.29, 1.82) is 5.26 Å². The number of benzene rings is 1. The number of rotatable bonds is 13. The summed E-state index contributed by atoms with van der Waals surface area (Å²) in [5.74, 6) is 0.313. The number of hydrogen-bond donors (Lipinski definition) is 4. The third-order valence-corrected chi connectivity index (χ3v) is 6.02. The molecule has 3 aromatic rings. The predicted octanol–water partition coefficient (Wildman–Crippen LogP) is 4.25. The lowest BCUT2D eigenvalue weighted by Gasteiger charge is -2.17. The molecule has 40 heavy (non-hydrogen) atoms. The zero-order valence-electron chi connectivity index (χ0n) is 22.4. The van der Waals surface area contributed by atoms with Gasteiger partial charge in [-0.3, -0.25) is 4.79 Å². The third kappa shape index (κ3) is 8.06. The number of allylic oxidation sites excluding steroid dienone is 3. The zero-order valence-corrected chi connectivity index (χ0v) is 22.4. The van der Waals surface area contributed by atoms with E-state index in [4.69, 9.17) is 11.5 Å². The lowest BCUT2D eigenvalue weighted by molar-refractivity contribution is 0.0946. The van der Waals surface area contributed by atoms with Crippen molar-refractivity contribution < 1.29 is 9.18 Å². The molecule has 1 amide bonds. The molecule has 0 saturated heterocycles. The van der Waals surface area contributed by atoms with Gasteiger partial charge < -0.3 is 22.1 Å². The molecule has 0 saturated carbocycles. The van der Waals surface area contributed by atoms with Crippen molar-refractivity contribution in [3.8, 4) is 17.3 Å². The summed E-state index contributed by atoms with van der Waals surface area (Å²) in [5, 5.41) is 15.4. The first-order valence-electron chi connectivity index (χ1n) is 12.8. The molecule has 0 bridgehead atoms. The second-order valence-corrected chi connectivity index (χ2v) is 8.92. The Morgan fingerprint density at radius 2 is 2.02 bits per heavy atom. The molecular formula is C30H33FN8O. The molecule has 1 unspecified atom stereocenters. The third-order valence-electron chi connectivity index (χ3n) is 6.02. The molecule has 2 aromatic heterocycles. The molecule has 0 aliphatic rings. The molecule has 0 aliphatic heterocycles. The quantitative estimate of drug-likeness (QED) is 0.234. The summed E-state index contributed by atoms with van der Waals surface area (Å²) in [6.07, 6.45) is 10.7. The van der Waals surface area contributed by atoms with Crippen molar-refractivity contribution in [2.75, 3.05) is 24.3 Å². The topological polar surface area (TPSA) is 156 Å². The van der Waals surface area contributed by atoms with Gasteiger partial charge in [0.05, 0.1) is 34.8 Å². The van der Waals surface area contributed by atoms with Gasteiger partial charge in [-0.1, -0.05) is 55.1 Å². The van der Waals surface area contributed by atoms with Crippen LogP contribution in [0.2, 0.25) is 0 Å². The number of halogens is 1. The van der Waals surface area contributed by atoms with Crippen LogP contribution in [0.25, 0.3) is 11.3 Å². The Morgan fingerprint density at radius 1 is 1.25 bits per heavy atom. The van der Waals surface area contributed by atoms with Gasteiger partial charge in [-0.15, -0.1) is 0 Å². The Morgan fingerprint density at radius 3 is 2.70 bits per heavy atom. The van der Waals surface area contributed by atoms with Crippen LogP contribution in [-0.4, -0.2) is 40.1 Å². The van der Waals surface area contributed by atoms with Gasteiger partial charge in [0.25, 0.3) is 5.91 Å². The lowest BCUT2D eigenvalue weighted by Crippen LogP contribution is -2.34. The van der Waals surface area contributed by atoms with Crippen molar-refractivity contribution in [3.05, 3.63) is 102 Å². The summed E-state index contributed by atoms with van der Waals surface area (Å²) in [5.41, 5.74) is 16.0. The van der Waals surface area contributed by atoms with Crippen LogP contribution < -0.4 is 22.1 Å². The summed E-state index contributed by atoms with van der Waals surface area (Å²) in [6.45, 7) is 5.75. The number of hydrogen-bond acceptors (Lipinski definition) is 8. The van der Waals surface area contributed by atoms with Crippen molar-refractivity contribution in [2.45, 2.75) is 32.4 Å². The Labute approximate surface area is 233 Å². The number of aromatic nitrogens is 3. The fourth-order valence-electron chi connectivity index (χ4n) is 3.87. The van der Waals surface area contributed by atoms with Gasteiger partial charge in [-0.25, -0.2) is 19.3 Å². The van der Waals surface area contributed by atoms with Gasteiger partial charge in [0, 0.05) is 18.3 Å². The van der Waals surface area contributed by atoms with Crippen LogP contribution in [0.4, 0.5) is 16.0 Å². The Bertz CT molecular complexity index is 1430. The maximum Gasteiger partial charge on any atom is 0.255 e. The van der Waals surface area contributed by atoms with Crippen LogP contribution in [-0.2, 0) is 13.0 Å². The van der Waals surface area contributed by atoms with Crippen LogP contribution in [0.1, 0.15) is 40.5 Å². The van der Waals surface area contributed by atoms with E-state index in [-0.39, 0.29) is 11.1 Å². The molecule has 1 aromatic carbocycles. The number of anilines is 2. The maximum atomic E-state index is 13.2. The highest BCUT2D eigenvalue weighted by Crippen LogP contribution is 2.21. The van der Waals surface area contributed by atoms with Crippen molar-refractivity contribution in [1.82, 2.24) is 20.3 Å². The molecule has 0 aliphatic carbocycles. The smallest absolute Gasteiger partial charge is 0.255 e. The molecule has 0 spiro atoms. The first-order valence-corrected chi connectivity index (χ1v) is 12.8. The molecule has 3 rings (SSSR count). The van der Waals surface area contributed by atoms with Gasteiger partial charge in [0.15, 0.2) is 0 Å². The predicted molar refractivity (Wildman–Crippen MR) is 156 cm³/mol. The second-order valence-electron chi connectivity index (χ2n) is 8.92. The van der Waals surface area contributed by atoms with E-state index in [9.17, 15) is 14.4 Å². The molecule has 6 N–H and O–H groups in total. The highest BCUT2D eigenvalue weighted by molar-refractivity contribution is 5.99. The van der Waals surface area contributed by atoms with Gasteiger partial charge in [0.2, 0.25) is 0 Å². The van der Waals surface area contributed by atoms with E-state index in [0.29, 0.717) is 42.4 Å². The number of pyridine rings is 1. The number of nitrogens with zero attached hydrogens (tertiary/aromatic N) is 4. The highest BCUT2D eigenvalue weighted by atomic mass is 19.1. The van der Waals surface area contributed by atoms with E-state index in [1.165, 1.54) is 18.3 Å². The number of alkyl halides is 1. The normalized spacial score (nSPS) is 12.1. The standard InChI is InChI=1S/C30H33FN8O/c1-3-6-23(7-4-13-31)20(2)38-30(40)25-15-22(16-33)18-37-29(25)36-17-21-9-11-24(12-10-21)27-19-35-28(34)26(39-27)8-5-14-32/h3-4,6-7,9-12,15,18-20H,1,5,8,13-14,17,32H2,2H3,(H2,34,35)(H,36,37)(H,38,40)/b7-4-,23-6+. The monoisotopic (exact) mass is 540 g/mol. The summed E-state index contributed by atoms with van der Waals surface area (Å²) in [6, 6.07) is 10.8. The number of nitrogen functional groups attached to an aromatic ring is 1. The minimum atomic E-state index is -0.623. The fraction of sp³-hybridized carbons (Fsp3) is 0.233. The highest BCUT2D eigenvalue weighted by Gasteiger charge is 2.17. The van der Waals surface area contributed by atoms with E-state index in [1.807, 2.05) is 30.3 Å². The number of carbonyl (C=O) groups is 1. The van der Waals surface area contributed by atoms with Crippen LogP contribution in [0.15, 0.2) is 79.2 Å². The van der Waals surface area contributed by atoms with E-state index >= 15 is 0 Å². The SMILES string of the molecule is C=C/C=C(\C=C/CF)C(C)NC(=O)c1cc(C#N)cnc1NCc1ccc(-c2cnc(N)c(CCCN)n2)cc1. The second kappa shape index (κ2) is 14.9. The zero-order chi connectivity index (χ0) is 28.9. The van der Waals surface area contributed by atoms with Crippen molar-refractivity contribution in [3.63, 3.8) is 0 Å². The Kier molecular flexibility index (Phi) is 11.1. The van der Waals surface area contributed by atoms with Crippen LogP contribution >= 0.6 is 0 Å². The fourth-order valence-corrected chi connectivity index (χ4v) is 3.87. The Hall–Kier alpha value is -4.88. The summed E-state index contributed by atoms with van der Waals surface area (Å²) in [4.78, 5) is 26.4. The van der Waals surface area contributed by atoms with E-state index < -0.39 is 18.6 Å². The first kappa shape index (κ1) is 29.7. The average Bonchev–Trinajstić information content (AvgIpc) is 2.97. The molecule has 9 nitrogen and oxygen atoms in total. The number of carbonyl (C=O) groups excluding carboxylic acids is 1. The van der Waals surface area contributed by atoms with E-state index in [0.717, 1.165) is 23.2 Å². The van der Waals surface area contributed by atoms with Crippen molar-refractivity contribution in [2.24, 2.45) is 5.73 Å². The van der Waals surface area contributed by atoms with Gasteiger partial charge in [-0.2, -0.15) is 5.26 Å². The minimum Gasteiger partial charge on any atom is -0.382 e. The van der Waals surface area contributed by atoms with Gasteiger partial charge >= 0.3 is 0 Å². The lowest BCUT2D eigenvalue weighted by atomic mass is 10.1. The number of nitrogens with one attached hydrogen (secondary N) is 2. The average molecular weight is 541 g/mol. The molecule has 10 heteroatoms. The summed E-state index contributed by atoms with van der Waals surface area (Å²) < 4.78 is 12.6. The molecular weight excluding hydrogens is 507 g/mol. The van der Waals surface area contributed by atoms with Crippen LogP contribution in [0, 0.1) is 11.3 Å². The van der Waals surface area contributed by atoms with E-state index in [2.05, 4.69) is 32.2 Å². The Balaban J connectivity index is 1.75. The summed E-state index contributed by atoms with van der Waals surface area (Å²) in [7, 11) is 0. The van der Waals surface area contributed by atoms with Crippen LogP contribution in [0.5, 0.6) is 0 Å². The molecule has 0 radical (unpaired) electrons. The van der Waals surface area contributed by atoms with Gasteiger partial charge in [0.1, 0.15) is 24.4 Å². The number of aryl methyl sites for hydroxylation is 1. The number of nitrogens with two attached hydrogens (primary N) is 2. The van der Waals surface area contributed by atoms with Crippen LogP contribution in [0.3, 0.4) is 0 Å². The number of amides is 1. The molecule has 0 fully saturated rings. The van der Waals surface area contributed by atoms with E-state index in [1.54, 1.807) is 31.3 Å². The number of nitriles is 1. The largest absolute Gasteiger partial charge is 0.382 e. The molecule has 206 valence electrons. The van der Waals surface area contributed by atoms with Crippen molar-refractivity contribution >= 4 is 17.5 Å². The minimum absolute atomic E-state index is 0.220. The summed E-state index contributed by atoms with van der Waals surface area (Å²) >= 11 is 0. The maximum absolute atomic E-state index is 13.2. The molecule has 1 atom stereocenters. The van der Waals surface area contributed by atoms with Gasteiger partial charge in [-0.05, 0) is 43.5 Å².